The number of benzene rings is 3. The molecule has 7 heteroatoms. The Bertz CT molecular complexity index is 1190. The van der Waals surface area contributed by atoms with Gasteiger partial charge in [0.2, 0.25) is 0 Å². The second kappa shape index (κ2) is 9.21. The van der Waals surface area contributed by atoms with Gasteiger partial charge in [-0.05, 0) is 55.5 Å². The lowest BCUT2D eigenvalue weighted by atomic mass is 10.1. The third-order valence-electron chi connectivity index (χ3n) is 4.46. The molecule has 1 atom stereocenters. The molecule has 1 unspecified atom stereocenters. The summed E-state index contributed by atoms with van der Waals surface area (Å²) in [4.78, 5) is 13.3. The molecule has 4 aromatic rings. The second-order valence-corrected chi connectivity index (χ2v) is 8.67. The van der Waals surface area contributed by atoms with Crippen LogP contribution in [-0.2, 0) is 9.53 Å². The zero-order chi connectivity index (χ0) is 21.1. The lowest BCUT2D eigenvalue weighted by molar-refractivity contribution is -0.150. The molecule has 0 N–H and O–H groups in total. The Morgan fingerprint density at radius 2 is 1.63 bits per heavy atom. The van der Waals surface area contributed by atoms with Crippen LogP contribution < -0.4 is 4.74 Å². The number of ether oxygens (including phenoxy) is 2. The highest BCUT2D eigenvalue weighted by molar-refractivity contribution is 7.99. The van der Waals surface area contributed by atoms with Gasteiger partial charge in [0.1, 0.15) is 23.5 Å². The van der Waals surface area contributed by atoms with Crippen LogP contribution >= 0.6 is 35.0 Å². The van der Waals surface area contributed by atoms with Crippen LogP contribution in [0.4, 0.5) is 0 Å². The first kappa shape index (κ1) is 20.9. The highest BCUT2D eigenvalue weighted by atomic mass is 35.5. The number of fused-ring (bicyclic) bond motifs is 3. The number of hydrogen-bond donors (Lipinski definition) is 0. The van der Waals surface area contributed by atoms with Crippen LogP contribution in [0.25, 0.3) is 21.9 Å². The normalized spacial score (nSPS) is 12.2. The van der Waals surface area contributed by atoms with Crippen molar-refractivity contribution in [3.8, 4) is 5.75 Å². The first-order valence-electron chi connectivity index (χ1n) is 9.33. The van der Waals surface area contributed by atoms with Gasteiger partial charge in [0, 0.05) is 43.6 Å². The van der Waals surface area contributed by atoms with Gasteiger partial charge >= 0.3 is 5.97 Å². The van der Waals surface area contributed by atoms with Crippen LogP contribution in [-0.4, -0.2) is 24.4 Å². The third-order valence-corrected chi connectivity index (χ3v) is 5.92. The van der Waals surface area contributed by atoms with Crippen molar-refractivity contribution >= 4 is 62.9 Å². The van der Waals surface area contributed by atoms with E-state index in [0.29, 0.717) is 39.3 Å². The molecule has 0 radical (unpaired) electrons. The number of esters is 1. The number of rotatable bonds is 7. The topological polar surface area (TPSA) is 48.7 Å². The van der Waals surface area contributed by atoms with E-state index >= 15 is 0 Å². The van der Waals surface area contributed by atoms with Crippen molar-refractivity contribution in [2.24, 2.45) is 0 Å². The number of furan rings is 1. The van der Waals surface area contributed by atoms with Crippen LogP contribution in [0.3, 0.4) is 0 Å². The van der Waals surface area contributed by atoms with E-state index in [2.05, 4.69) is 0 Å². The number of carbonyl (C=O) groups is 1. The fraction of sp³-hybridized carbons (Fsp3) is 0.174. The first-order valence-corrected chi connectivity index (χ1v) is 11.1. The molecule has 4 nitrogen and oxygen atoms in total. The van der Waals surface area contributed by atoms with Crippen molar-refractivity contribution in [3.05, 3.63) is 70.7 Å². The molecule has 0 fully saturated rings. The fourth-order valence-electron chi connectivity index (χ4n) is 3.01. The Hall–Kier alpha value is -2.34. The maximum atomic E-state index is 12.2. The van der Waals surface area contributed by atoms with E-state index in [4.69, 9.17) is 37.1 Å². The monoisotopic (exact) mass is 460 g/mol. The van der Waals surface area contributed by atoms with Gasteiger partial charge in [-0.2, -0.15) is 0 Å². The van der Waals surface area contributed by atoms with Crippen LogP contribution in [0.15, 0.2) is 70.0 Å². The van der Waals surface area contributed by atoms with Gasteiger partial charge in [-0.3, -0.25) is 0 Å². The second-order valence-electron chi connectivity index (χ2n) is 6.63. The summed E-state index contributed by atoms with van der Waals surface area (Å²) in [6, 6.07) is 18.5. The van der Waals surface area contributed by atoms with Gasteiger partial charge < -0.3 is 13.9 Å². The maximum absolute atomic E-state index is 12.2. The summed E-state index contributed by atoms with van der Waals surface area (Å²) < 4.78 is 16.9. The summed E-state index contributed by atoms with van der Waals surface area (Å²) in [5.74, 6) is 0.768. The Morgan fingerprint density at radius 1 is 0.967 bits per heavy atom. The Morgan fingerprint density at radius 3 is 2.40 bits per heavy atom. The summed E-state index contributed by atoms with van der Waals surface area (Å²) in [6.45, 7) is 1.96. The zero-order valence-corrected chi connectivity index (χ0v) is 18.4. The Balaban J connectivity index is 1.32. The largest absolute Gasteiger partial charge is 0.479 e. The molecule has 0 saturated heterocycles. The highest BCUT2D eigenvalue weighted by Crippen LogP contribution is 2.33. The molecule has 0 aliphatic carbocycles. The molecule has 4 rings (SSSR count). The van der Waals surface area contributed by atoms with Crippen LogP contribution in [0.2, 0.25) is 10.0 Å². The van der Waals surface area contributed by atoms with E-state index in [0.717, 1.165) is 15.7 Å². The molecule has 0 amide bonds. The summed E-state index contributed by atoms with van der Waals surface area (Å²) in [7, 11) is 0. The van der Waals surface area contributed by atoms with E-state index in [1.54, 1.807) is 30.8 Å². The number of thioether (sulfide) groups is 1. The predicted octanol–water partition coefficient (Wildman–Crippen LogP) is 7.00. The van der Waals surface area contributed by atoms with Crippen LogP contribution in [0, 0.1) is 0 Å². The standard InChI is InChI=1S/C23H18Cl2O4S/c1-14(23(26)27-10-11-30-18-6-2-15(24)3-7-18)28-17-5-9-20-19-8-4-16(25)12-21(19)29-22(20)13-17/h2-9,12-14H,10-11H2,1H3. The average molecular weight is 461 g/mol. The van der Waals surface area contributed by atoms with Crippen LogP contribution in [0.5, 0.6) is 5.75 Å². The molecule has 154 valence electrons. The molecule has 1 heterocycles. The molecule has 0 aliphatic heterocycles. The smallest absolute Gasteiger partial charge is 0.347 e. The van der Waals surface area contributed by atoms with E-state index in [9.17, 15) is 4.79 Å². The SMILES string of the molecule is CC(Oc1ccc2c(c1)oc1cc(Cl)ccc12)C(=O)OCCSc1ccc(Cl)cc1. The predicted molar refractivity (Wildman–Crippen MR) is 122 cm³/mol. The maximum Gasteiger partial charge on any atom is 0.347 e. The van der Waals surface area contributed by atoms with Gasteiger partial charge in [-0.15, -0.1) is 11.8 Å². The van der Waals surface area contributed by atoms with Crippen molar-refractivity contribution in [1.29, 1.82) is 0 Å². The van der Waals surface area contributed by atoms with E-state index < -0.39 is 12.1 Å². The lowest BCUT2D eigenvalue weighted by Crippen LogP contribution is -2.26. The zero-order valence-electron chi connectivity index (χ0n) is 16.1. The lowest BCUT2D eigenvalue weighted by Gasteiger charge is -2.14. The molecule has 3 aromatic carbocycles. The Labute approximate surface area is 188 Å². The third kappa shape index (κ3) is 4.86. The molecule has 0 aliphatic rings. The van der Waals surface area contributed by atoms with Crippen molar-refractivity contribution in [2.75, 3.05) is 12.4 Å². The Kier molecular flexibility index (Phi) is 6.42. The van der Waals surface area contributed by atoms with Crippen LogP contribution in [0.1, 0.15) is 6.92 Å². The van der Waals surface area contributed by atoms with Crippen molar-refractivity contribution < 1.29 is 18.7 Å². The number of halogens is 2. The van der Waals surface area contributed by atoms with E-state index in [1.165, 1.54) is 0 Å². The molecule has 0 saturated carbocycles. The summed E-state index contributed by atoms with van der Waals surface area (Å²) in [6.07, 6.45) is -0.734. The number of carbonyl (C=O) groups excluding carboxylic acids is 1. The minimum Gasteiger partial charge on any atom is -0.479 e. The molecule has 0 bridgehead atoms. The minimum absolute atomic E-state index is 0.295. The van der Waals surface area contributed by atoms with Gasteiger partial charge in [-0.1, -0.05) is 23.2 Å². The highest BCUT2D eigenvalue weighted by Gasteiger charge is 2.17. The van der Waals surface area contributed by atoms with Crippen molar-refractivity contribution in [2.45, 2.75) is 17.9 Å². The molecule has 30 heavy (non-hydrogen) atoms. The van der Waals surface area contributed by atoms with Crippen molar-refractivity contribution in [3.63, 3.8) is 0 Å². The average Bonchev–Trinajstić information content (AvgIpc) is 3.08. The van der Waals surface area contributed by atoms with Gasteiger partial charge in [0.05, 0.1) is 0 Å². The molecular weight excluding hydrogens is 443 g/mol. The van der Waals surface area contributed by atoms with Gasteiger partial charge in [0.25, 0.3) is 0 Å². The van der Waals surface area contributed by atoms with Crippen molar-refractivity contribution in [1.82, 2.24) is 0 Å². The quantitative estimate of drug-likeness (QED) is 0.169. The minimum atomic E-state index is -0.734. The summed E-state index contributed by atoms with van der Waals surface area (Å²) in [5, 5.41) is 3.25. The first-order chi connectivity index (χ1) is 14.5. The molecule has 1 aromatic heterocycles. The van der Waals surface area contributed by atoms with Gasteiger partial charge in [0.15, 0.2) is 6.10 Å². The molecule has 0 spiro atoms. The fourth-order valence-corrected chi connectivity index (χ4v) is 4.03. The van der Waals surface area contributed by atoms with Gasteiger partial charge in [-0.25, -0.2) is 4.79 Å². The molecular formula is C23H18Cl2O4S. The number of hydrogen-bond acceptors (Lipinski definition) is 5. The summed E-state index contributed by atoms with van der Waals surface area (Å²) in [5.41, 5.74) is 1.38. The van der Waals surface area contributed by atoms with E-state index in [-0.39, 0.29) is 0 Å². The summed E-state index contributed by atoms with van der Waals surface area (Å²) >= 11 is 13.5. The van der Waals surface area contributed by atoms with E-state index in [1.807, 2.05) is 48.5 Å².